The Hall–Kier alpha value is -1.77. The fourth-order valence-electron chi connectivity index (χ4n) is 12.1. The maximum Gasteiger partial charge on any atom is 0.306 e. The van der Waals surface area contributed by atoms with Gasteiger partial charge in [-0.25, -0.2) is 0 Å². The fourth-order valence-corrected chi connectivity index (χ4v) is 12.8. The lowest BCUT2D eigenvalue weighted by Crippen LogP contribution is -2.37. The van der Waals surface area contributed by atoms with E-state index in [-0.39, 0.29) is 32.0 Å². The van der Waals surface area contributed by atoms with Crippen molar-refractivity contribution in [3.63, 3.8) is 0 Å². The summed E-state index contributed by atoms with van der Waals surface area (Å²) in [5.74, 6) is -0.811. The molecule has 0 heterocycles. The number of esters is 2. The van der Waals surface area contributed by atoms with Crippen molar-refractivity contribution in [2.24, 2.45) is 0 Å². The van der Waals surface area contributed by atoms with Crippen LogP contribution in [0, 0.1) is 0 Å². The number of hydrogen-bond donors (Lipinski definition) is 0. The molecule has 0 bridgehead atoms. The number of quaternary nitrogens is 1. The first-order chi connectivity index (χ1) is 44.0. The zero-order valence-corrected chi connectivity index (χ0v) is 61.8. The van der Waals surface area contributed by atoms with Crippen molar-refractivity contribution in [1.29, 1.82) is 0 Å². The molecule has 0 saturated heterocycles. The Morgan fingerprint density at radius 2 is 0.600 bits per heavy atom. The number of hydrogen-bond acceptors (Lipinski definition) is 8. The zero-order valence-electron chi connectivity index (χ0n) is 60.9. The van der Waals surface area contributed by atoms with Gasteiger partial charge in [0.2, 0.25) is 0 Å². The molecular weight excluding hydrogens is 1130 g/mol. The van der Waals surface area contributed by atoms with Crippen LogP contribution < -0.4 is 4.89 Å². The molecule has 532 valence electrons. The van der Waals surface area contributed by atoms with E-state index in [1.165, 1.54) is 327 Å². The Morgan fingerprint density at radius 3 is 0.889 bits per heavy atom. The summed E-state index contributed by atoms with van der Waals surface area (Å²) < 4.78 is 34.4. The maximum absolute atomic E-state index is 12.9. The molecule has 0 aliphatic heterocycles. The number of allylic oxidation sites excluding steroid dienone is 6. The molecule has 2 unspecified atom stereocenters. The standard InChI is InChI=1S/C80H154NO8P/c1-6-8-10-12-14-16-18-20-22-24-26-28-30-32-34-36-37-38-39-40-41-42-43-45-46-48-50-52-54-56-58-60-62-64-66-68-70-72-79(82)86-76-78(77-88-90(84,85)87-75-74-81(3,4)5)89-80(83)73-71-69-67-65-63-61-59-57-55-53-51-49-47-44-35-33-31-29-27-25-23-21-19-17-15-13-11-9-7-2/h19,21,25,27,31,33,78H,6-18,20,22-24,26,28-30,32,34-77H2,1-5H3/b21-19-,27-25-,33-31-. The predicted molar refractivity (Wildman–Crippen MR) is 388 cm³/mol. The van der Waals surface area contributed by atoms with E-state index < -0.39 is 26.5 Å². The predicted octanol–water partition coefficient (Wildman–Crippen LogP) is 25.5. The second-order valence-electron chi connectivity index (χ2n) is 28.4. The van der Waals surface area contributed by atoms with E-state index in [1.807, 2.05) is 21.1 Å². The summed E-state index contributed by atoms with van der Waals surface area (Å²) in [4.78, 5) is 38.2. The number of likely N-dealkylation sites (N-methyl/N-ethyl adjacent to an activating group) is 1. The van der Waals surface area contributed by atoms with Gasteiger partial charge in [0.05, 0.1) is 27.7 Å². The molecule has 0 N–H and O–H groups in total. The number of rotatable bonds is 75. The number of carbonyl (C=O) groups excluding carboxylic acids is 2. The third kappa shape index (κ3) is 75.3. The molecule has 0 aromatic carbocycles. The monoisotopic (exact) mass is 1290 g/mol. The van der Waals surface area contributed by atoms with Gasteiger partial charge in [-0.05, 0) is 51.4 Å². The van der Waals surface area contributed by atoms with Gasteiger partial charge < -0.3 is 27.9 Å². The van der Waals surface area contributed by atoms with Crippen LogP contribution >= 0.6 is 7.82 Å². The van der Waals surface area contributed by atoms with E-state index in [2.05, 4.69) is 50.3 Å². The number of ether oxygens (including phenoxy) is 2. The Labute approximate surface area is 561 Å². The summed E-state index contributed by atoms with van der Waals surface area (Å²) >= 11 is 0. The first kappa shape index (κ1) is 88.2. The van der Waals surface area contributed by atoms with E-state index in [0.29, 0.717) is 17.4 Å². The number of phosphoric ester groups is 1. The lowest BCUT2D eigenvalue weighted by Gasteiger charge is -2.28. The summed E-state index contributed by atoms with van der Waals surface area (Å²) in [5.41, 5.74) is 0. The Balaban J connectivity index is 3.91. The lowest BCUT2D eigenvalue weighted by molar-refractivity contribution is -0.870. The van der Waals surface area contributed by atoms with Crippen LogP contribution in [0.3, 0.4) is 0 Å². The molecule has 90 heavy (non-hydrogen) atoms. The second-order valence-corrected chi connectivity index (χ2v) is 29.9. The summed E-state index contributed by atoms with van der Waals surface area (Å²) in [6.45, 7) is 4.31. The third-order valence-electron chi connectivity index (χ3n) is 18.2. The van der Waals surface area contributed by atoms with Crippen molar-refractivity contribution in [1.82, 2.24) is 0 Å². The minimum atomic E-state index is -4.64. The quantitative estimate of drug-likeness (QED) is 0.0195. The van der Waals surface area contributed by atoms with E-state index in [1.54, 1.807) is 0 Å². The maximum atomic E-state index is 12.9. The van der Waals surface area contributed by atoms with Crippen LogP contribution in [-0.2, 0) is 32.7 Å². The van der Waals surface area contributed by atoms with Gasteiger partial charge in [-0.3, -0.25) is 14.2 Å². The van der Waals surface area contributed by atoms with Crippen LogP contribution in [0.25, 0.3) is 0 Å². The van der Waals surface area contributed by atoms with E-state index >= 15 is 0 Å². The summed E-state index contributed by atoms with van der Waals surface area (Å²) in [6.07, 6.45) is 92.7. The number of unbranched alkanes of at least 4 members (excludes halogenated alkanes) is 55. The first-order valence-corrected chi connectivity index (χ1v) is 41.2. The van der Waals surface area contributed by atoms with Crippen molar-refractivity contribution in [3.05, 3.63) is 36.5 Å². The van der Waals surface area contributed by atoms with Gasteiger partial charge in [0.15, 0.2) is 6.10 Å². The largest absolute Gasteiger partial charge is 0.756 e. The van der Waals surface area contributed by atoms with E-state index in [4.69, 9.17) is 18.5 Å². The van der Waals surface area contributed by atoms with Crippen LogP contribution in [0.2, 0.25) is 0 Å². The molecule has 0 aromatic heterocycles. The molecule has 0 aliphatic rings. The highest BCUT2D eigenvalue weighted by molar-refractivity contribution is 7.45. The molecule has 2 atom stereocenters. The molecule has 0 aromatic rings. The van der Waals surface area contributed by atoms with E-state index in [0.717, 1.165) is 51.4 Å². The van der Waals surface area contributed by atoms with Crippen molar-refractivity contribution < 1.29 is 42.1 Å². The Morgan fingerprint density at radius 1 is 0.344 bits per heavy atom. The summed E-state index contributed by atoms with van der Waals surface area (Å²) in [6, 6.07) is 0. The van der Waals surface area contributed by atoms with Crippen molar-refractivity contribution >= 4 is 19.8 Å². The summed E-state index contributed by atoms with van der Waals surface area (Å²) in [5, 5.41) is 0. The van der Waals surface area contributed by atoms with E-state index in [9.17, 15) is 19.0 Å². The zero-order chi connectivity index (χ0) is 65.5. The van der Waals surface area contributed by atoms with Crippen LogP contribution in [0.5, 0.6) is 0 Å². The Kier molecular flexibility index (Phi) is 70.1. The molecule has 9 nitrogen and oxygen atoms in total. The fraction of sp³-hybridized carbons (Fsp3) is 0.900. The Bertz CT molecular complexity index is 1610. The average molecular weight is 1290 g/mol. The highest BCUT2D eigenvalue weighted by Gasteiger charge is 2.22. The van der Waals surface area contributed by atoms with Gasteiger partial charge in [0.1, 0.15) is 19.8 Å². The van der Waals surface area contributed by atoms with Gasteiger partial charge in [0.25, 0.3) is 7.82 Å². The van der Waals surface area contributed by atoms with Gasteiger partial charge in [0, 0.05) is 12.8 Å². The first-order valence-electron chi connectivity index (χ1n) is 39.7. The molecule has 0 aliphatic carbocycles. The third-order valence-corrected chi connectivity index (χ3v) is 19.1. The number of nitrogens with zero attached hydrogens (tertiary/aromatic N) is 1. The SMILES string of the molecule is CCCCCCC/C=C\C/C=C\C/C=C\CCCCCCCCCCCCCCCCC(=O)OC(COC(=O)CCCCCCCCCCCCCCCCCCCCCCCCCCCCCCCCCCCCCCC)COP(=O)([O-])OCC[N+](C)(C)C. The lowest BCUT2D eigenvalue weighted by atomic mass is 10.0. The molecule has 0 spiro atoms. The minimum Gasteiger partial charge on any atom is -0.756 e. The van der Waals surface area contributed by atoms with Crippen molar-refractivity contribution in [2.75, 3.05) is 47.5 Å². The highest BCUT2D eigenvalue weighted by Crippen LogP contribution is 2.38. The molecular formula is C80H154NO8P. The summed E-state index contributed by atoms with van der Waals surface area (Å²) in [7, 11) is 1.19. The molecule has 0 radical (unpaired) electrons. The minimum absolute atomic E-state index is 0.0284. The molecule has 0 rings (SSSR count). The van der Waals surface area contributed by atoms with Crippen LogP contribution in [0.15, 0.2) is 36.5 Å². The highest BCUT2D eigenvalue weighted by atomic mass is 31.2. The van der Waals surface area contributed by atoms with Crippen LogP contribution in [-0.4, -0.2) is 70.0 Å². The van der Waals surface area contributed by atoms with Crippen molar-refractivity contribution in [3.8, 4) is 0 Å². The average Bonchev–Trinajstić information content (AvgIpc) is 3.58. The van der Waals surface area contributed by atoms with Gasteiger partial charge in [-0.2, -0.15) is 0 Å². The van der Waals surface area contributed by atoms with Crippen LogP contribution in [0.1, 0.15) is 412 Å². The van der Waals surface area contributed by atoms with Gasteiger partial charge >= 0.3 is 11.9 Å². The topological polar surface area (TPSA) is 111 Å². The second kappa shape index (κ2) is 71.5. The normalized spacial score (nSPS) is 13.2. The number of carbonyl (C=O) groups is 2. The van der Waals surface area contributed by atoms with Gasteiger partial charge in [-0.1, -0.05) is 384 Å². The molecule has 0 amide bonds. The molecule has 0 fully saturated rings. The van der Waals surface area contributed by atoms with Crippen LogP contribution in [0.4, 0.5) is 0 Å². The smallest absolute Gasteiger partial charge is 0.306 e. The van der Waals surface area contributed by atoms with Crippen molar-refractivity contribution in [2.45, 2.75) is 418 Å². The molecule has 0 saturated carbocycles. The van der Waals surface area contributed by atoms with Gasteiger partial charge in [-0.15, -0.1) is 0 Å². The number of phosphoric acid groups is 1. The molecule has 10 heteroatoms.